The van der Waals surface area contributed by atoms with Crippen LogP contribution in [0.2, 0.25) is 5.02 Å². The summed E-state index contributed by atoms with van der Waals surface area (Å²) in [6.07, 6.45) is -3.31. The number of halogens is 4. The minimum atomic E-state index is -4.76. The van der Waals surface area contributed by atoms with E-state index in [0.29, 0.717) is 38.5 Å². The molecule has 0 spiro atoms. The first kappa shape index (κ1) is 26.2. The lowest BCUT2D eigenvalue weighted by molar-refractivity contribution is -0.274. The van der Waals surface area contributed by atoms with Gasteiger partial charge in [0.15, 0.2) is 5.82 Å². The number of aryl methyl sites for hydroxylation is 1. The summed E-state index contributed by atoms with van der Waals surface area (Å²) in [5.41, 5.74) is 5.66. The van der Waals surface area contributed by atoms with Crippen LogP contribution in [0.1, 0.15) is 5.56 Å². The third-order valence-electron chi connectivity index (χ3n) is 5.48. The number of nitrogens with zero attached hydrogens (tertiary/aromatic N) is 4. The van der Waals surface area contributed by atoms with Gasteiger partial charge in [0.25, 0.3) is 0 Å². The largest absolute Gasteiger partial charge is 0.573 e. The van der Waals surface area contributed by atoms with E-state index in [9.17, 15) is 18.0 Å². The first-order valence-corrected chi connectivity index (χ1v) is 12.6. The normalized spacial score (nSPS) is 11.3. The van der Waals surface area contributed by atoms with Crippen molar-refractivity contribution in [1.29, 1.82) is 0 Å². The second-order valence-electron chi connectivity index (χ2n) is 8.17. The topological polar surface area (TPSA) is 94.0 Å². The molecule has 0 saturated heterocycles. The molecule has 2 amide bonds. The van der Waals surface area contributed by atoms with Gasteiger partial charge in [-0.3, -0.25) is 5.32 Å². The van der Waals surface area contributed by atoms with Crippen molar-refractivity contribution in [1.82, 2.24) is 19.7 Å². The zero-order chi connectivity index (χ0) is 27.6. The Morgan fingerprint density at radius 2 is 1.74 bits per heavy atom. The van der Waals surface area contributed by atoms with Crippen LogP contribution in [0.5, 0.6) is 5.75 Å². The quantitative estimate of drug-likeness (QED) is 0.220. The second kappa shape index (κ2) is 10.8. The van der Waals surface area contributed by atoms with E-state index in [0.717, 1.165) is 11.1 Å². The molecule has 5 aromatic rings. The number of nitrogens with one attached hydrogen (secondary N) is 2. The Balaban J connectivity index is 1.24. The van der Waals surface area contributed by atoms with Gasteiger partial charge >= 0.3 is 12.4 Å². The summed E-state index contributed by atoms with van der Waals surface area (Å²) in [5.74, 6) is 0.0651. The molecule has 0 aliphatic carbocycles. The number of urea groups is 1. The van der Waals surface area contributed by atoms with Gasteiger partial charge in [-0.05, 0) is 67.1 Å². The van der Waals surface area contributed by atoms with E-state index in [2.05, 4.69) is 30.4 Å². The van der Waals surface area contributed by atoms with E-state index in [-0.39, 0.29) is 5.75 Å². The van der Waals surface area contributed by atoms with Crippen LogP contribution in [0, 0.1) is 6.92 Å². The number of carbonyl (C=O) groups is 1. The van der Waals surface area contributed by atoms with Crippen LogP contribution in [0.15, 0.2) is 78.6 Å². The Morgan fingerprint density at radius 3 is 2.44 bits per heavy atom. The van der Waals surface area contributed by atoms with Crippen molar-refractivity contribution in [2.24, 2.45) is 0 Å². The van der Waals surface area contributed by atoms with Crippen molar-refractivity contribution in [2.45, 2.75) is 13.3 Å². The smallest absolute Gasteiger partial charge is 0.406 e. The summed E-state index contributed by atoms with van der Waals surface area (Å²) in [7, 11) is 0. The molecule has 0 atom stereocenters. The van der Waals surface area contributed by atoms with Crippen LogP contribution in [0.3, 0.4) is 0 Å². The number of hydrogen-bond donors (Lipinski definition) is 2. The average Bonchev–Trinajstić information content (AvgIpc) is 3.54. The number of ether oxygens (including phenoxy) is 1. The van der Waals surface area contributed by atoms with Crippen molar-refractivity contribution >= 4 is 39.7 Å². The van der Waals surface area contributed by atoms with Crippen molar-refractivity contribution in [3.05, 3.63) is 89.2 Å². The second-order valence-corrected chi connectivity index (χ2v) is 9.43. The van der Waals surface area contributed by atoms with Gasteiger partial charge in [-0.15, -0.1) is 29.6 Å². The Kier molecular flexibility index (Phi) is 7.22. The third-order valence-corrected chi connectivity index (χ3v) is 6.54. The molecule has 0 bridgehead atoms. The van der Waals surface area contributed by atoms with Gasteiger partial charge in [-0.25, -0.2) is 19.4 Å². The maximum absolute atomic E-state index is 12.7. The molecule has 0 aliphatic heterocycles. The number of benzene rings is 3. The lowest BCUT2D eigenvalue weighted by atomic mass is 10.1. The number of rotatable bonds is 6. The molecule has 39 heavy (non-hydrogen) atoms. The van der Waals surface area contributed by atoms with E-state index in [1.165, 1.54) is 46.6 Å². The number of thiazole rings is 1. The highest BCUT2D eigenvalue weighted by Crippen LogP contribution is 2.37. The highest BCUT2D eigenvalue weighted by molar-refractivity contribution is 7.14. The maximum Gasteiger partial charge on any atom is 0.573 e. The molecule has 0 fully saturated rings. The van der Waals surface area contributed by atoms with Gasteiger partial charge in [0.2, 0.25) is 0 Å². The van der Waals surface area contributed by atoms with Crippen LogP contribution in [-0.4, -0.2) is 32.1 Å². The summed E-state index contributed by atoms with van der Waals surface area (Å²) < 4.78 is 42.4. The van der Waals surface area contributed by atoms with E-state index in [1.807, 2.05) is 19.1 Å². The Labute approximate surface area is 229 Å². The highest BCUT2D eigenvalue weighted by atomic mass is 35.5. The monoisotopic (exact) mass is 570 g/mol. The minimum Gasteiger partial charge on any atom is -0.406 e. The highest BCUT2D eigenvalue weighted by Gasteiger charge is 2.31. The first-order valence-electron chi connectivity index (χ1n) is 11.3. The predicted octanol–water partition coefficient (Wildman–Crippen LogP) is 7.56. The minimum absolute atomic E-state index is 0.329. The van der Waals surface area contributed by atoms with E-state index in [1.54, 1.807) is 35.8 Å². The fourth-order valence-corrected chi connectivity index (χ4v) is 4.73. The van der Waals surface area contributed by atoms with Gasteiger partial charge < -0.3 is 10.1 Å². The zero-order valence-electron chi connectivity index (χ0n) is 20.0. The molecule has 8 nitrogen and oxygen atoms in total. The molecule has 13 heteroatoms. The van der Waals surface area contributed by atoms with Crippen LogP contribution in [0.25, 0.3) is 28.3 Å². The third kappa shape index (κ3) is 6.19. The molecule has 0 radical (unpaired) electrons. The molecule has 0 saturated carbocycles. The number of anilines is 2. The van der Waals surface area contributed by atoms with Gasteiger partial charge in [0.05, 0.1) is 16.2 Å². The maximum atomic E-state index is 12.7. The fourth-order valence-electron chi connectivity index (χ4n) is 3.73. The Morgan fingerprint density at radius 1 is 1.00 bits per heavy atom. The SMILES string of the molecule is Cc1cccc(Cl)c1-c1ncsc1NC(=O)Nc1ccc(-c2ncn(-c3ccc(OC(F)(F)F)cc3)n2)cc1. The van der Waals surface area contributed by atoms with Crippen molar-refractivity contribution in [3.8, 4) is 34.1 Å². The van der Waals surface area contributed by atoms with E-state index >= 15 is 0 Å². The Hall–Kier alpha value is -4.42. The molecule has 3 aromatic carbocycles. The average molecular weight is 571 g/mol. The van der Waals surface area contributed by atoms with Gasteiger partial charge in [0, 0.05) is 16.8 Å². The van der Waals surface area contributed by atoms with Crippen LogP contribution in [-0.2, 0) is 0 Å². The molecule has 2 N–H and O–H groups in total. The molecule has 2 heterocycles. The number of carbonyl (C=O) groups excluding carboxylic acids is 1. The number of hydrogen-bond acceptors (Lipinski definition) is 6. The summed E-state index contributed by atoms with van der Waals surface area (Å²) in [6, 6.07) is 17.2. The molecular formula is C26H18ClF3N6O2S. The van der Waals surface area contributed by atoms with Crippen molar-refractivity contribution < 1.29 is 22.7 Å². The van der Waals surface area contributed by atoms with Crippen LogP contribution < -0.4 is 15.4 Å². The lowest BCUT2D eigenvalue weighted by Crippen LogP contribution is -2.19. The number of amides is 2. The van der Waals surface area contributed by atoms with E-state index < -0.39 is 12.4 Å². The summed E-state index contributed by atoms with van der Waals surface area (Å²) in [6.45, 7) is 1.92. The van der Waals surface area contributed by atoms with Crippen LogP contribution >= 0.6 is 22.9 Å². The standard InChI is InChI=1S/C26H18ClF3N6O2S/c1-15-3-2-4-20(27)21(15)22-24(39-14-32-22)34-25(37)33-17-7-5-16(6-8-17)23-31-13-36(35-23)18-9-11-19(12-10-18)38-26(28,29)30/h2-14H,1H3,(H2,33,34,37). The fraction of sp³-hybridized carbons (Fsp3) is 0.0769. The molecule has 0 unspecified atom stereocenters. The zero-order valence-corrected chi connectivity index (χ0v) is 21.6. The van der Waals surface area contributed by atoms with Crippen LogP contribution in [0.4, 0.5) is 28.7 Å². The predicted molar refractivity (Wildman–Crippen MR) is 143 cm³/mol. The molecule has 198 valence electrons. The lowest BCUT2D eigenvalue weighted by Gasteiger charge is -2.10. The molecule has 0 aliphatic rings. The summed E-state index contributed by atoms with van der Waals surface area (Å²) in [5, 5.41) is 11.1. The Bertz CT molecular complexity index is 1600. The van der Waals surface area contributed by atoms with Crippen molar-refractivity contribution in [3.63, 3.8) is 0 Å². The summed E-state index contributed by atoms with van der Waals surface area (Å²) >= 11 is 7.66. The number of alkyl halides is 3. The van der Waals surface area contributed by atoms with Gasteiger partial charge in [-0.2, -0.15) is 0 Å². The van der Waals surface area contributed by atoms with Gasteiger partial charge in [0.1, 0.15) is 22.8 Å². The van der Waals surface area contributed by atoms with Gasteiger partial charge in [-0.1, -0.05) is 23.7 Å². The van der Waals surface area contributed by atoms with E-state index in [4.69, 9.17) is 11.6 Å². The molecule has 5 rings (SSSR count). The molecular weight excluding hydrogens is 553 g/mol. The first-order chi connectivity index (χ1) is 18.7. The summed E-state index contributed by atoms with van der Waals surface area (Å²) in [4.78, 5) is 21.3. The molecule has 2 aromatic heterocycles. The van der Waals surface area contributed by atoms with Crippen molar-refractivity contribution in [2.75, 3.05) is 10.6 Å². The number of aromatic nitrogens is 4.